The molecule has 80 valence electrons. The average molecular weight is 200 g/mol. The van der Waals surface area contributed by atoms with E-state index in [9.17, 15) is 4.79 Å². The fourth-order valence-corrected chi connectivity index (χ4v) is 1.95. The van der Waals surface area contributed by atoms with E-state index in [-0.39, 0.29) is 24.0 Å². The van der Waals surface area contributed by atoms with Crippen LogP contribution in [0, 0.1) is 5.92 Å². The summed E-state index contributed by atoms with van der Waals surface area (Å²) in [5, 5.41) is 12.2. The highest BCUT2D eigenvalue weighted by Gasteiger charge is 2.39. The van der Waals surface area contributed by atoms with Crippen LogP contribution >= 0.6 is 0 Å². The summed E-state index contributed by atoms with van der Waals surface area (Å²) < 4.78 is 5.25. The van der Waals surface area contributed by atoms with Crippen molar-refractivity contribution in [2.45, 2.75) is 12.1 Å². The smallest absolute Gasteiger partial charge is 0.229 e. The van der Waals surface area contributed by atoms with Crippen LogP contribution in [-0.4, -0.2) is 61.4 Å². The van der Waals surface area contributed by atoms with Crippen molar-refractivity contribution in [1.29, 1.82) is 0 Å². The molecule has 2 rings (SSSR count). The minimum atomic E-state index is -0.325. The number of ether oxygens (including phenoxy) is 1. The van der Waals surface area contributed by atoms with Crippen molar-refractivity contribution in [2.75, 3.05) is 33.4 Å². The van der Waals surface area contributed by atoms with Crippen molar-refractivity contribution in [3.05, 3.63) is 0 Å². The first kappa shape index (κ1) is 9.89. The van der Waals surface area contributed by atoms with Crippen molar-refractivity contribution < 1.29 is 14.6 Å². The van der Waals surface area contributed by atoms with Crippen molar-refractivity contribution in [1.82, 2.24) is 10.2 Å². The molecule has 0 bridgehead atoms. The van der Waals surface area contributed by atoms with Crippen LogP contribution in [0.2, 0.25) is 0 Å². The Kier molecular flexibility index (Phi) is 2.71. The molecule has 0 aliphatic carbocycles. The van der Waals surface area contributed by atoms with E-state index in [0.717, 1.165) is 0 Å². The number of aliphatic hydroxyl groups excluding tert-OH is 1. The van der Waals surface area contributed by atoms with Gasteiger partial charge in [0, 0.05) is 19.1 Å². The number of likely N-dealkylation sites (N-methyl/N-ethyl adjacent to an activating group) is 1. The van der Waals surface area contributed by atoms with Gasteiger partial charge in [0.05, 0.1) is 25.2 Å². The Morgan fingerprint density at radius 2 is 2.21 bits per heavy atom. The zero-order chi connectivity index (χ0) is 10.1. The topological polar surface area (TPSA) is 61.8 Å². The van der Waals surface area contributed by atoms with E-state index >= 15 is 0 Å². The average Bonchev–Trinajstić information content (AvgIpc) is 2.59. The van der Waals surface area contributed by atoms with Crippen LogP contribution in [0.25, 0.3) is 0 Å². The normalized spacial score (nSPS) is 33.1. The highest BCUT2D eigenvalue weighted by atomic mass is 16.5. The number of likely N-dealkylation sites (tertiary alicyclic amines) is 1. The Hall–Kier alpha value is -0.650. The van der Waals surface area contributed by atoms with Gasteiger partial charge in [0.1, 0.15) is 0 Å². The molecule has 2 atom stereocenters. The van der Waals surface area contributed by atoms with Crippen LogP contribution in [0.3, 0.4) is 0 Å². The first-order chi connectivity index (χ1) is 6.72. The molecule has 2 heterocycles. The van der Waals surface area contributed by atoms with Crippen LogP contribution in [-0.2, 0) is 9.53 Å². The lowest BCUT2D eigenvalue weighted by Crippen LogP contribution is -2.57. The number of hydrogen-bond acceptors (Lipinski definition) is 4. The molecule has 2 saturated heterocycles. The lowest BCUT2D eigenvalue weighted by Gasteiger charge is -2.38. The summed E-state index contributed by atoms with van der Waals surface area (Å²) in [7, 11) is 1.84. The molecular weight excluding hydrogens is 184 g/mol. The quantitative estimate of drug-likeness (QED) is 0.565. The SMILES string of the molecule is CNC1COCC1C(=O)N1CC(O)C1. The number of hydrogen-bond donors (Lipinski definition) is 2. The van der Waals surface area contributed by atoms with Crippen molar-refractivity contribution in [2.24, 2.45) is 5.92 Å². The third kappa shape index (κ3) is 1.63. The standard InChI is InChI=1S/C9H16N2O3/c1-10-8-5-14-4-7(8)9(13)11-2-6(12)3-11/h6-8,10,12H,2-5H2,1H3. The van der Waals surface area contributed by atoms with E-state index in [4.69, 9.17) is 9.84 Å². The van der Waals surface area contributed by atoms with E-state index in [0.29, 0.717) is 26.3 Å². The minimum Gasteiger partial charge on any atom is -0.389 e. The summed E-state index contributed by atoms with van der Waals surface area (Å²) in [5.74, 6) is 0.0275. The van der Waals surface area contributed by atoms with Gasteiger partial charge in [-0.3, -0.25) is 4.79 Å². The Labute approximate surface area is 83.0 Å². The van der Waals surface area contributed by atoms with Crippen molar-refractivity contribution >= 4 is 5.91 Å². The van der Waals surface area contributed by atoms with Crippen LogP contribution in [0.5, 0.6) is 0 Å². The molecule has 2 N–H and O–H groups in total. The third-order valence-corrected chi connectivity index (χ3v) is 2.94. The van der Waals surface area contributed by atoms with Gasteiger partial charge in [-0.2, -0.15) is 0 Å². The number of carbonyl (C=O) groups excluding carboxylic acids is 1. The van der Waals surface area contributed by atoms with Gasteiger partial charge in [0.25, 0.3) is 0 Å². The molecule has 0 aromatic rings. The molecule has 2 aliphatic rings. The number of carbonyl (C=O) groups is 1. The van der Waals surface area contributed by atoms with Crippen molar-refractivity contribution in [3.63, 3.8) is 0 Å². The van der Waals surface area contributed by atoms with Gasteiger partial charge in [-0.15, -0.1) is 0 Å². The molecule has 14 heavy (non-hydrogen) atoms. The molecular formula is C9H16N2O3. The molecule has 2 aliphatic heterocycles. The number of nitrogens with zero attached hydrogens (tertiary/aromatic N) is 1. The third-order valence-electron chi connectivity index (χ3n) is 2.94. The summed E-state index contributed by atoms with van der Waals surface area (Å²) in [6, 6.07) is 0.125. The Morgan fingerprint density at radius 1 is 1.50 bits per heavy atom. The van der Waals surface area contributed by atoms with Gasteiger partial charge >= 0.3 is 0 Å². The lowest BCUT2D eigenvalue weighted by molar-refractivity contribution is -0.146. The summed E-state index contributed by atoms with van der Waals surface area (Å²) in [4.78, 5) is 13.5. The van der Waals surface area contributed by atoms with Crippen molar-refractivity contribution in [3.8, 4) is 0 Å². The predicted molar refractivity (Wildman–Crippen MR) is 49.7 cm³/mol. The first-order valence-corrected chi connectivity index (χ1v) is 4.94. The second-order valence-electron chi connectivity index (χ2n) is 3.94. The summed E-state index contributed by atoms with van der Waals surface area (Å²) in [5.41, 5.74) is 0. The summed E-state index contributed by atoms with van der Waals surface area (Å²) in [6.45, 7) is 2.05. The summed E-state index contributed by atoms with van der Waals surface area (Å²) in [6.07, 6.45) is -0.325. The molecule has 0 spiro atoms. The highest BCUT2D eigenvalue weighted by Crippen LogP contribution is 2.19. The van der Waals surface area contributed by atoms with Crippen LogP contribution < -0.4 is 5.32 Å². The van der Waals surface area contributed by atoms with E-state index < -0.39 is 0 Å². The molecule has 2 unspecified atom stereocenters. The van der Waals surface area contributed by atoms with Gasteiger partial charge in [-0.05, 0) is 7.05 Å². The molecule has 5 nitrogen and oxygen atoms in total. The van der Waals surface area contributed by atoms with E-state index in [2.05, 4.69) is 5.32 Å². The molecule has 0 aromatic carbocycles. The lowest BCUT2D eigenvalue weighted by atomic mass is 9.99. The second kappa shape index (κ2) is 3.84. The van der Waals surface area contributed by atoms with Gasteiger partial charge in [-0.25, -0.2) is 0 Å². The molecule has 5 heteroatoms. The predicted octanol–water partition coefficient (Wildman–Crippen LogP) is -1.58. The maximum Gasteiger partial charge on any atom is 0.229 e. The molecule has 0 radical (unpaired) electrons. The van der Waals surface area contributed by atoms with Crippen LogP contribution in [0.15, 0.2) is 0 Å². The molecule has 0 aromatic heterocycles. The number of aliphatic hydroxyl groups is 1. The van der Waals surface area contributed by atoms with Gasteiger partial charge in [-0.1, -0.05) is 0 Å². The van der Waals surface area contributed by atoms with E-state index in [1.807, 2.05) is 7.05 Å². The van der Waals surface area contributed by atoms with E-state index in [1.165, 1.54) is 0 Å². The second-order valence-corrected chi connectivity index (χ2v) is 3.94. The Morgan fingerprint density at radius 3 is 2.79 bits per heavy atom. The fraction of sp³-hybridized carbons (Fsp3) is 0.889. The maximum absolute atomic E-state index is 11.8. The number of amides is 1. The Balaban J connectivity index is 1.90. The molecule has 0 saturated carbocycles. The van der Waals surface area contributed by atoms with E-state index in [1.54, 1.807) is 4.90 Å². The van der Waals surface area contributed by atoms with Crippen LogP contribution in [0.1, 0.15) is 0 Å². The largest absolute Gasteiger partial charge is 0.389 e. The zero-order valence-electron chi connectivity index (χ0n) is 8.27. The number of nitrogens with one attached hydrogen (secondary N) is 1. The number of rotatable bonds is 2. The van der Waals surface area contributed by atoms with Gasteiger partial charge < -0.3 is 20.1 Å². The minimum absolute atomic E-state index is 0.0764. The zero-order valence-corrected chi connectivity index (χ0v) is 8.27. The number of β-amino-alcohol motifs (C(OH)–C–C–N with tert-alkyl or cyclic N) is 1. The molecule has 1 amide bonds. The van der Waals surface area contributed by atoms with Gasteiger partial charge in [0.2, 0.25) is 5.91 Å². The molecule has 2 fully saturated rings. The highest BCUT2D eigenvalue weighted by molar-refractivity contribution is 5.81. The maximum atomic E-state index is 11.8. The monoisotopic (exact) mass is 200 g/mol. The summed E-state index contributed by atoms with van der Waals surface area (Å²) >= 11 is 0. The first-order valence-electron chi connectivity index (χ1n) is 4.94. The fourth-order valence-electron chi connectivity index (χ4n) is 1.95. The van der Waals surface area contributed by atoms with Gasteiger partial charge in [0.15, 0.2) is 0 Å². The van der Waals surface area contributed by atoms with Crippen LogP contribution in [0.4, 0.5) is 0 Å². The Bertz CT molecular complexity index is 228.